The van der Waals surface area contributed by atoms with E-state index in [4.69, 9.17) is 15.5 Å². The van der Waals surface area contributed by atoms with Crippen LogP contribution in [0.25, 0.3) is 56.0 Å². The quantitative estimate of drug-likeness (QED) is 0.139. The molecule has 59 heavy (non-hydrogen) atoms. The first-order valence-corrected chi connectivity index (χ1v) is 19.6. The molecule has 0 aliphatic carbocycles. The number of rotatable bonds is 10. The molecule has 9 aromatic rings. The molecule has 294 valence electrons. The van der Waals surface area contributed by atoms with Gasteiger partial charge >= 0.3 is 0 Å². The maximum absolute atomic E-state index is 5.96. The standard InChI is InChI=1S/C28H27N5O.C20H19N5/c1-19-6-4-9-28(31-19)33-27-16-22(12-13-23(27)18-30-33)26-8-5-7-25(32-26)20(2)29-17-21-10-14-24(34-3)15-11-21;1-13-5-3-8-20(23-13)25-19-11-15(9-10-16(19)12-22-25)18-7-4-6-17(24-18)14(2)21/h4-16,18,20,29H,17H2,1-3H3;3-12,14H,21H2,1-2H3. The number of nitrogens with zero attached hydrogens (tertiary/aromatic N) is 8. The smallest absolute Gasteiger partial charge is 0.154 e. The van der Waals surface area contributed by atoms with Gasteiger partial charge in [-0.15, -0.1) is 0 Å². The first-order chi connectivity index (χ1) is 28.7. The molecule has 6 aromatic heterocycles. The summed E-state index contributed by atoms with van der Waals surface area (Å²) in [6.45, 7) is 8.79. The molecule has 3 aromatic carbocycles. The van der Waals surface area contributed by atoms with Crippen LogP contribution in [0.5, 0.6) is 5.75 Å². The summed E-state index contributed by atoms with van der Waals surface area (Å²) in [5, 5.41) is 14.8. The maximum Gasteiger partial charge on any atom is 0.154 e. The lowest BCUT2D eigenvalue weighted by Gasteiger charge is -2.15. The Hall–Kier alpha value is -7.08. The molecule has 2 unspecified atom stereocenters. The number of hydrogen-bond acceptors (Lipinski definition) is 9. The molecule has 0 saturated carbocycles. The number of pyridine rings is 4. The Kier molecular flexibility index (Phi) is 11.3. The molecule has 0 fully saturated rings. The maximum atomic E-state index is 5.96. The van der Waals surface area contributed by atoms with Crippen molar-refractivity contribution in [1.29, 1.82) is 0 Å². The van der Waals surface area contributed by atoms with Gasteiger partial charge in [-0.1, -0.05) is 60.7 Å². The Morgan fingerprint density at radius 1 is 0.593 bits per heavy atom. The molecule has 0 saturated heterocycles. The summed E-state index contributed by atoms with van der Waals surface area (Å²) in [5.41, 5.74) is 16.9. The molecule has 0 spiro atoms. The van der Waals surface area contributed by atoms with Crippen LogP contribution in [0.4, 0.5) is 0 Å². The molecule has 0 aliphatic rings. The minimum atomic E-state index is -0.0919. The lowest BCUT2D eigenvalue weighted by molar-refractivity contribution is 0.414. The van der Waals surface area contributed by atoms with E-state index >= 15 is 0 Å². The summed E-state index contributed by atoms with van der Waals surface area (Å²) in [5.74, 6) is 2.48. The van der Waals surface area contributed by atoms with E-state index in [2.05, 4.69) is 98.1 Å². The first kappa shape index (κ1) is 38.8. The van der Waals surface area contributed by atoms with Crippen molar-refractivity contribution in [2.75, 3.05) is 7.11 Å². The third-order valence-electron chi connectivity index (χ3n) is 10.1. The second kappa shape index (κ2) is 17.2. The van der Waals surface area contributed by atoms with E-state index in [-0.39, 0.29) is 12.1 Å². The van der Waals surface area contributed by atoms with Gasteiger partial charge < -0.3 is 15.8 Å². The van der Waals surface area contributed by atoms with Crippen molar-refractivity contribution >= 4 is 21.8 Å². The average Bonchev–Trinajstić information content (AvgIpc) is 3.90. The zero-order valence-electron chi connectivity index (χ0n) is 33.8. The first-order valence-electron chi connectivity index (χ1n) is 19.6. The monoisotopic (exact) mass is 778 g/mol. The number of benzene rings is 3. The summed E-state index contributed by atoms with van der Waals surface area (Å²) >= 11 is 0. The molecule has 6 heterocycles. The number of aryl methyl sites for hydroxylation is 2. The van der Waals surface area contributed by atoms with Gasteiger partial charge in [0, 0.05) is 51.9 Å². The number of ether oxygens (including phenoxy) is 1. The van der Waals surface area contributed by atoms with Gasteiger partial charge in [-0.3, -0.25) is 9.97 Å². The molecular formula is C48H46N10O. The number of hydrogen-bond donors (Lipinski definition) is 2. The van der Waals surface area contributed by atoms with Crippen LogP contribution in [-0.2, 0) is 6.54 Å². The van der Waals surface area contributed by atoms with Crippen LogP contribution < -0.4 is 15.8 Å². The molecule has 0 bridgehead atoms. The zero-order chi connectivity index (χ0) is 40.9. The highest BCUT2D eigenvalue weighted by atomic mass is 16.5. The lowest BCUT2D eigenvalue weighted by Crippen LogP contribution is -2.19. The van der Waals surface area contributed by atoms with Crippen LogP contribution in [0.15, 0.2) is 146 Å². The molecule has 0 radical (unpaired) electrons. The van der Waals surface area contributed by atoms with Crippen molar-refractivity contribution in [2.45, 2.75) is 46.3 Å². The van der Waals surface area contributed by atoms with Crippen molar-refractivity contribution in [1.82, 2.24) is 44.8 Å². The van der Waals surface area contributed by atoms with Crippen LogP contribution in [0.1, 0.15) is 54.3 Å². The Morgan fingerprint density at radius 3 is 1.61 bits per heavy atom. The highest BCUT2D eigenvalue weighted by Gasteiger charge is 2.13. The topological polar surface area (TPSA) is 134 Å². The normalized spacial score (nSPS) is 12.2. The second-order valence-electron chi connectivity index (χ2n) is 14.6. The highest BCUT2D eigenvalue weighted by molar-refractivity contribution is 5.86. The molecule has 3 N–H and O–H groups in total. The van der Waals surface area contributed by atoms with Gasteiger partial charge in [0.05, 0.1) is 53.3 Å². The number of aromatic nitrogens is 8. The fourth-order valence-corrected chi connectivity index (χ4v) is 6.85. The highest BCUT2D eigenvalue weighted by Crippen LogP contribution is 2.27. The Labute approximate surface area is 343 Å². The molecule has 9 rings (SSSR count). The van der Waals surface area contributed by atoms with Gasteiger partial charge in [0.1, 0.15) is 5.75 Å². The second-order valence-corrected chi connectivity index (χ2v) is 14.6. The lowest BCUT2D eigenvalue weighted by atomic mass is 10.1. The average molecular weight is 779 g/mol. The van der Waals surface area contributed by atoms with E-state index < -0.39 is 0 Å². The van der Waals surface area contributed by atoms with E-state index in [9.17, 15) is 0 Å². The Morgan fingerprint density at radius 2 is 1.10 bits per heavy atom. The predicted octanol–water partition coefficient (Wildman–Crippen LogP) is 9.46. The summed E-state index contributed by atoms with van der Waals surface area (Å²) in [6.07, 6.45) is 3.73. The minimum absolute atomic E-state index is 0.0919. The number of nitrogens with two attached hydrogens (primary N) is 1. The van der Waals surface area contributed by atoms with Crippen molar-refractivity contribution in [2.24, 2.45) is 5.73 Å². The van der Waals surface area contributed by atoms with Gasteiger partial charge in [-0.2, -0.15) is 10.2 Å². The van der Waals surface area contributed by atoms with E-state index in [1.807, 2.05) is 115 Å². The Balaban J connectivity index is 0.000000172. The van der Waals surface area contributed by atoms with Crippen molar-refractivity contribution in [3.63, 3.8) is 0 Å². The van der Waals surface area contributed by atoms with Crippen LogP contribution in [0.2, 0.25) is 0 Å². The van der Waals surface area contributed by atoms with Crippen molar-refractivity contribution < 1.29 is 4.74 Å². The van der Waals surface area contributed by atoms with Crippen molar-refractivity contribution in [3.8, 4) is 39.9 Å². The van der Waals surface area contributed by atoms with Crippen molar-refractivity contribution in [3.05, 3.63) is 174 Å². The zero-order valence-corrected chi connectivity index (χ0v) is 33.8. The van der Waals surface area contributed by atoms with Gasteiger partial charge in [0.25, 0.3) is 0 Å². The third-order valence-corrected chi connectivity index (χ3v) is 10.1. The number of methoxy groups -OCH3 is 1. The summed E-state index contributed by atoms with van der Waals surface area (Å²) < 4.78 is 8.99. The summed E-state index contributed by atoms with van der Waals surface area (Å²) in [6, 6.07) is 44.7. The van der Waals surface area contributed by atoms with E-state index in [0.29, 0.717) is 0 Å². The van der Waals surface area contributed by atoms with Gasteiger partial charge in [0.15, 0.2) is 11.6 Å². The molecule has 11 heteroatoms. The number of nitrogens with one attached hydrogen (secondary N) is 1. The van der Waals surface area contributed by atoms with E-state index in [1.165, 1.54) is 5.56 Å². The molecule has 0 amide bonds. The number of fused-ring (bicyclic) bond motifs is 2. The molecule has 11 nitrogen and oxygen atoms in total. The van der Waals surface area contributed by atoms with Gasteiger partial charge in [0.2, 0.25) is 0 Å². The summed E-state index contributed by atoms with van der Waals surface area (Å²) in [4.78, 5) is 18.8. The Bertz CT molecular complexity index is 2860. The predicted molar refractivity (Wildman–Crippen MR) is 235 cm³/mol. The van der Waals surface area contributed by atoms with Crippen LogP contribution in [-0.4, -0.2) is 46.6 Å². The third kappa shape index (κ3) is 8.76. The fourth-order valence-electron chi connectivity index (χ4n) is 6.85. The van der Waals surface area contributed by atoms with Gasteiger partial charge in [-0.25, -0.2) is 19.3 Å². The molecule has 2 atom stereocenters. The van der Waals surface area contributed by atoms with E-state index in [1.54, 1.807) is 7.11 Å². The SMILES string of the molecule is COc1ccc(CNC(C)c2cccc(-c3ccc4cnn(-c5cccc(C)n5)c4c3)n2)cc1.Cc1cccc(-n2ncc3ccc(-c4cccc(C(C)N)n4)cc32)n1. The fraction of sp³-hybridized carbons (Fsp3) is 0.167. The van der Waals surface area contributed by atoms with Gasteiger partial charge in [-0.05, 0) is 106 Å². The van der Waals surface area contributed by atoms with Crippen LogP contribution >= 0.6 is 0 Å². The van der Waals surface area contributed by atoms with Crippen LogP contribution in [0.3, 0.4) is 0 Å². The molecule has 0 aliphatic heterocycles. The van der Waals surface area contributed by atoms with Crippen LogP contribution in [0, 0.1) is 13.8 Å². The largest absolute Gasteiger partial charge is 0.497 e. The minimum Gasteiger partial charge on any atom is -0.497 e. The van der Waals surface area contributed by atoms with E-state index in [0.717, 1.165) is 91.0 Å². The summed E-state index contributed by atoms with van der Waals surface area (Å²) in [7, 11) is 1.68. The molecular weight excluding hydrogens is 733 g/mol.